The zero-order valence-electron chi connectivity index (χ0n) is 14.9. The van der Waals surface area contributed by atoms with Crippen molar-refractivity contribution in [2.75, 3.05) is 13.1 Å². The fourth-order valence-electron chi connectivity index (χ4n) is 3.35. The summed E-state index contributed by atoms with van der Waals surface area (Å²) in [7, 11) is 0. The van der Waals surface area contributed by atoms with Gasteiger partial charge >= 0.3 is 0 Å². The second-order valence-electron chi connectivity index (χ2n) is 7.18. The van der Waals surface area contributed by atoms with E-state index in [0.717, 1.165) is 53.9 Å². The molecule has 0 bridgehead atoms. The van der Waals surface area contributed by atoms with Gasteiger partial charge in [-0.3, -0.25) is 9.59 Å². The van der Waals surface area contributed by atoms with Gasteiger partial charge in [-0.05, 0) is 60.9 Å². The molecule has 2 amide bonds. The monoisotopic (exact) mass is 427 g/mol. The third-order valence-corrected chi connectivity index (χ3v) is 6.79. The van der Waals surface area contributed by atoms with Crippen molar-refractivity contribution < 1.29 is 9.59 Å². The number of amides is 2. The Morgan fingerprint density at radius 2 is 2.08 bits per heavy atom. The molecule has 25 heavy (non-hydrogen) atoms. The van der Waals surface area contributed by atoms with E-state index in [9.17, 15) is 9.59 Å². The Morgan fingerprint density at radius 3 is 2.76 bits per heavy atom. The quantitative estimate of drug-likeness (QED) is 0.699. The van der Waals surface area contributed by atoms with Gasteiger partial charge in [0, 0.05) is 24.0 Å². The van der Waals surface area contributed by atoms with Crippen molar-refractivity contribution in [2.24, 2.45) is 5.92 Å². The molecule has 3 rings (SSSR count). The van der Waals surface area contributed by atoms with E-state index in [-0.39, 0.29) is 23.8 Å². The summed E-state index contributed by atoms with van der Waals surface area (Å²) in [5, 5.41) is 3.01. The van der Waals surface area contributed by atoms with Crippen LogP contribution in [0.1, 0.15) is 73.7 Å². The van der Waals surface area contributed by atoms with Crippen LogP contribution in [0, 0.1) is 5.92 Å². The normalized spacial score (nSPS) is 23.6. The summed E-state index contributed by atoms with van der Waals surface area (Å²) in [6.45, 7) is 5.40. The van der Waals surface area contributed by atoms with Crippen molar-refractivity contribution in [1.29, 1.82) is 0 Å². The molecular weight excluding hydrogens is 402 g/mol. The molecule has 2 heterocycles. The molecule has 1 aromatic heterocycles. The van der Waals surface area contributed by atoms with Crippen LogP contribution in [0.15, 0.2) is 3.92 Å². The second-order valence-corrected chi connectivity index (χ2v) is 9.49. The predicted octanol–water partition coefficient (Wildman–Crippen LogP) is 3.94. The lowest BCUT2D eigenvalue weighted by molar-refractivity contribution is -0.126. The summed E-state index contributed by atoms with van der Waals surface area (Å²) >= 11 is 5.01. The molecule has 1 N–H and O–H groups in total. The van der Waals surface area contributed by atoms with Gasteiger partial charge in [0.1, 0.15) is 5.69 Å². The van der Waals surface area contributed by atoms with Gasteiger partial charge < -0.3 is 10.2 Å². The topological polar surface area (TPSA) is 62.3 Å². The number of carbonyl (C=O) groups excluding carboxylic acids is 2. The molecule has 0 aromatic carbocycles. The zero-order valence-corrected chi connectivity index (χ0v) is 17.3. The lowest BCUT2D eigenvalue weighted by Gasteiger charge is -2.37. The largest absolute Gasteiger partial charge is 0.356 e. The average molecular weight is 428 g/mol. The molecule has 1 saturated carbocycles. The van der Waals surface area contributed by atoms with Gasteiger partial charge in [-0.1, -0.05) is 13.3 Å². The highest BCUT2D eigenvalue weighted by Crippen LogP contribution is 2.45. The molecule has 2 aliphatic rings. The molecule has 7 heteroatoms. The summed E-state index contributed by atoms with van der Waals surface area (Å²) in [5.41, 5.74) is 0.596. The van der Waals surface area contributed by atoms with Crippen molar-refractivity contribution in [3.05, 3.63) is 14.5 Å². The molecule has 2 atom stereocenters. The minimum atomic E-state index is -0.108. The number of hydrogen-bond donors (Lipinski definition) is 1. The molecule has 5 nitrogen and oxygen atoms in total. The van der Waals surface area contributed by atoms with Crippen LogP contribution in [0.25, 0.3) is 0 Å². The highest BCUT2D eigenvalue weighted by Gasteiger charge is 2.37. The number of unbranched alkanes of at least 4 members (excludes halogenated alkanes) is 1. The first-order valence-electron chi connectivity index (χ1n) is 9.26. The molecule has 1 saturated heterocycles. The van der Waals surface area contributed by atoms with E-state index in [4.69, 9.17) is 0 Å². The van der Waals surface area contributed by atoms with Crippen molar-refractivity contribution in [1.82, 2.24) is 15.2 Å². The van der Waals surface area contributed by atoms with E-state index >= 15 is 0 Å². The third kappa shape index (κ3) is 4.42. The third-order valence-electron chi connectivity index (χ3n) is 5.12. The van der Waals surface area contributed by atoms with Gasteiger partial charge in [0.2, 0.25) is 5.91 Å². The van der Waals surface area contributed by atoms with E-state index in [1.165, 1.54) is 0 Å². The number of rotatable bonds is 6. The Hall–Kier alpha value is -0.950. The number of thiazole rings is 1. The molecule has 1 aliphatic carbocycles. The maximum Gasteiger partial charge on any atom is 0.273 e. The fourth-order valence-corrected chi connectivity index (χ4v) is 5.00. The van der Waals surface area contributed by atoms with Gasteiger partial charge in [0.15, 0.2) is 3.92 Å². The van der Waals surface area contributed by atoms with Crippen LogP contribution in [0.4, 0.5) is 0 Å². The SMILES string of the molecule is CCCCNC(=O)[C@H]1CC[C@H](C)N(C(=O)c2nc(Br)sc2C2CC2)C1. The Morgan fingerprint density at radius 1 is 1.32 bits per heavy atom. The molecule has 1 aliphatic heterocycles. The highest BCUT2D eigenvalue weighted by atomic mass is 79.9. The lowest BCUT2D eigenvalue weighted by Crippen LogP contribution is -2.49. The van der Waals surface area contributed by atoms with E-state index < -0.39 is 0 Å². The first-order chi connectivity index (χ1) is 12.0. The lowest BCUT2D eigenvalue weighted by atomic mass is 9.92. The van der Waals surface area contributed by atoms with Gasteiger partial charge in [0.05, 0.1) is 5.92 Å². The van der Waals surface area contributed by atoms with Crippen LogP contribution in [0.5, 0.6) is 0 Å². The first kappa shape index (κ1) is 18.8. The number of piperidine rings is 1. The Bertz CT molecular complexity index is 644. The predicted molar refractivity (Wildman–Crippen MR) is 103 cm³/mol. The number of halogens is 1. The van der Waals surface area contributed by atoms with Crippen LogP contribution in [0.3, 0.4) is 0 Å². The van der Waals surface area contributed by atoms with E-state index in [0.29, 0.717) is 18.2 Å². The molecule has 1 aromatic rings. The average Bonchev–Trinajstić information content (AvgIpc) is 3.37. The number of carbonyl (C=O) groups is 2. The van der Waals surface area contributed by atoms with E-state index in [1.807, 2.05) is 4.90 Å². The van der Waals surface area contributed by atoms with Gasteiger partial charge in [-0.15, -0.1) is 11.3 Å². The smallest absolute Gasteiger partial charge is 0.273 e. The summed E-state index contributed by atoms with van der Waals surface area (Å²) in [4.78, 5) is 33.0. The van der Waals surface area contributed by atoms with Crippen LogP contribution in [-0.4, -0.2) is 40.8 Å². The highest BCUT2D eigenvalue weighted by molar-refractivity contribution is 9.11. The van der Waals surface area contributed by atoms with Crippen molar-refractivity contribution in [3.8, 4) is 0 Å². The van der Waals surface area contributed by atoms with Crippen LogP contribution >= 0.6 is 27.3 Å². The minimum Gasteiger partial charge on any atom is -0.356 e. The summed E-state index contributed by atoms with van der Waals surface area (Å²) in [6.07, 6.45) is 6.06. The number of aromatic nitrogens is 1. The molecule has 2 fully saturated rings. The van der Waals surface area contributed by atoms with Crippen LogP contribution < -0.4 is 5.32 Å². The Kier molecular flexibility index (Phi) is 6.15. The maximum absolute atomic E-state index is 13.1. The number of hydrogen-bond acceptors (Lipinski definition) is 4. The van der Waals surface area contributed by atoms with Gasteiger partial charge in [-0.2, -0.15) is 0 Å². The Balaban J connectivity index is 1.69. The molecule has 0 radical (unpaired) electrons. The second kappa shape index (κ2) is 8.16. The van der Waals surface area contributed by atoms with E-state index in [2.05, 4.69) is 40.1 Å². The maximum atomic E-state index is 13.1. The van der Waals surface area contributed by atoms with Crippen molar-refractivity contribution >= 4 is 39.1 Å². The molecule has 0 unspecified atom stereocenters. The summed E-state index contributed by atoms with van der Waals surface area (Å²) in [5.74, 6) is 0.460. The summed E-state index contributed by atoms with van der Waals surface area (Å²) in [6, 6.07) is 0.153. The molecule has 138 valence electrons. The molecular formula is C18H26BrN3O2S. The number of nitrogens with zero attached hydrogens (tertiary/aromatic N) is 2. The molecule has 0 spiro atoms. The van der Waals surface area contributed by atoms with Gasteiger partial charge in [0.25, 0.3) is 5.91 Å². The van der Waals surface area contributed by atoms with Crippen molar-refractivity contribution in [3.63, 3.8) is 0 Å². The van der Waals surface area contributed by atoms with Crippen LogP contribution in [-0.2, 0) is 4.79 Å². The zero-order chi connectivity index (χ0) is 18.0. The van der Waals surface area contributed by atoms with Crippen molar-refractivity contribution in [2.45, 2.75) is 64.3 Å². The minimum absolute atomic E-state index is 0.0117. The Labute approximate surface area is 161 Å². The summed E-state index contributed by atoms with van der Waals surface area (Å²) < 4.78 is 0.774. The van der Waals surface area contributed by atoms with Gasteiger partial charge in [-0.25, -0.2) is 4.98 Å². The fraction of sp³-hybridized carbons (Fsp3) is 0.722. The van der Waals surface area contributed by atoms with Crippen LogP contribution in [0.2, 0.25) is 0 Å². The standard InChI is InChI=1S/C18H26BrN3O2S/c1-3-4-9-20-16(23)13-6-5-11(2)22(10-13)17(24)14-15(12-7-8-12)25-18(19)21-14/h11-13H,3-10H2,1-2H3,(H,20,23)/t11-,13-/m0/s1. The number of nitrogens with one attached hydrogen (secondary N) is 1. The van der Waals surface area contributed by atoms with E-state index in [1.54, 1.807) is 11.3 Å². The number of likely N-dealkylation sites (tertiary alicyclic amines) is 1. The first-order valence-corrected chi connectivity index (χ1v) is 10.9.